The monoisotopic (exact) mass is 295 g/mol. The SMILES string of the molecule is O=C(O)c1ccccc1NC(=O)C1CCc2ccccc2C1. The molecule has 0 spiro atoms. The number of anilines is 1. The van der Waals surface area contributed by atoms with Gasteiger partial charge in [-0.15, -0.1) is 0 Å². The van der Waals surface area contributed by atoms with Crippen molar-refractivity contribution in [2.45, 2.75) is 19.3 Å². The molecule has 0 heterocycles. The summed E-state index contributed by atoms with van der Waals surface area (Å²) in [5.74, 6) is -1.26. The van der Waals surface area contributed by atoms with Crippen LogP contribution in [-0.4, -0.2) is 17.0 Å². The number of hydrogen-bond acceptors (Lipinski definition) is 2. The highest BCUT2D eigenvalue weighted by atomic mass is 16.4. The Bertz CT molecular complexity index is 724. The van der Waals surface area contributed by atoms with Crippen LogP contribution in [0.15, 0.2) is 48.5 Å². The molecule has 0 saturated carbocycles. The molecular formula is C18H17NO3. The number of para-hydroxylation sites is 1. The number of carbonyl (C=O) groups is 2. The summed E-state index contributed by atoms with van der Waals surface area (Å²) in [6.07, 6.45) is 2.38. The number of hydrogen-bond donors (Lipinski definition) is 2. The largest absolute Gasteiger partial charge is 0.478 e. The van der Waals surface area contributed by atoms with Crippen LogP contribution in [0.3, 0.4) is 0 Å². The molecule has 1 atom stereocenters. The highest BCUT2D eigenvalue weighted by molar-refractivity contribution is 6.01. The van der Waals surface area contributed by atoms with E-state index in [1.807, 2.05) is 12.1 Å². The number of carbonyl (C=O) groups excluding carboxylic acids is 1. The van der Waals surface area contributed by atoms with E-state index in [0.717, 1.165) is 12.8 Å². The van der Waals surface area contributed by atoms with Crippen molar-refractivity contribution >= 4 is 17.6 Å². The number of benzene rings is 2. The van der Waals surface area contributed by atoms with Gasteiger partial charge in [0.25, 0.3) is 0 Å². The molecule has 0 radical (unpaired) electrons. The van der Waals surface area contributed by atoms with E-state index in [-0.39, 0.29) is 17.4 Å². The Morgan fingerprint density at radius 2 is 1.68 bits per heavy atom. The molecule has 1 aliphatic carbocycles. The predicted octanol–water partition coefficient (Wildman–Crippen LogP) is 3.13. The van der Waals surface area contributed by atoms with E-state index in [2.05, 4.69) is 17.4 Å². The number of amides is 1. The Kier molecular flexibility index (Phi) is 3.92. The molecule has 0 fully saturated rings. The smallest absolute Gasteiger partial charge is 0.337 e. The molecule has 3 rings (SSSR count). The van der Waals surface area contributed by atoms with Crippen molar-refractivity contribution in [3.05, 3.63) is 65.2 Å². The van der Waals surface area contributed by atoms with Crippen LogP contribution < -0.4 is 5.32 Å². The van der Waals surface area contributed by atoms with Crippen LogP contribution in [0.5, 0.6) is 0 Å². The predicted molar refractivity (Wildman–Crippen MR) is 84.0 cm³/mol. The maximum Gasteiger partial charge on any atom is 0.337 e. The Balaban J connectivity index is 1.75. The molecule has 2 aromatic rings. The van der Waals surface area contributed by atoms with Gasteiger partial charge in [-0.3, -0.25) is 4.79 Å². The second-order valence-corrected chi connectivity index (χ2v) is 5.55. The quantitative estimate of drug-likeness (QED) is 0.914. The first-order valence-corrected chi connectivity index (χ1v) is 7.35. The summed E-state index contributed by atoms with van der Waals surface area (Å²) in [4.78, 5) is 23.6. The summed E-state index contributed by atoms with van der Waals surface area (Å²) < 4.78 is 0. The lowest BCUT2D eigenvalue weighted by atomic mass is 9.83. The van der Waals surface area contributed by atoms with Gasteiger partial charge in [0, 0.05) is 5.92 Å². The number of rotatable bonds is 3. The van der Waals surface area contributed by atoms with Crippen LogP contribution in [0.4, 0.5) is 5.69 Å². The van der Waals surface area contributed by atoms with Crippen molar-refractivity contribution in [3.63, 3.8) is 0 Å². The lowest BCUT2D eigenvalue weighted by Gasteiger charge is -2.24. The fourth-order valence-corrected chi connectivity index (χ4v) is 2.93. The Hall–Kier alpha value is -2.62. The molecule has 0 saturated heterocycles. The number of fused-ring (bicyclic) bond motifs is 1. The van der Waals surface area contributed by atoms with Crippen LogP contribution in [0.2, 0.25) is 0 Å². The van der Waals surface area contributed by atoms with Gasteiger partial charge in [0.2, 0.25) is 5.91 Å². The third-order valence-corrected chi connectivity index (χ3v) is 4.13. The van der Waals surface area contributed by atoms with E-state index in [9.17, 15) is 9.59 Å². The minimum absolute atomic E-state index is 0.108. The van der Waals surface area contributed by atoms with Gasteiger partial charge in [-0.2, -0.15) is 0 Å². The Morgan fingerprint density at radius 3 is 2.45 bits per heavy atom. The van der Waals surface area contributed by atoms with Crippen LogP contribution in [-0.2, 0) is 17.6 Å². The average Bonchev–Trinajstić information content (AvgIpc) is 2.54. The van der Waals surface area contributed by atoms with Crippen LogP contribution >= 0.6 is 0 Å². The van der Waals surface area contributed by atoms with Gasteiger partial charge in [0.05, 0.1) is 11.3 Å². The van der Waals surface area contributed by atoms with Gasteiger partial charge in [-0.05, 0) is 42.5 Å². The summed E-state index contributed by atoms with van der Waals surface area (Å²) in [5, 5.41) is 11.9. The molecule has 1 unspecified atom stereocenters. The zero-order valence-electron chi connectivity index (χ0n) is 12.1. The van der Waals surface area contributed by atoms with Crippen molar-refractivity contribution in [2.75, 3.05) is 5.32 Å². The van der Waals surface area contributed by atoms with E-state index in [1.165, 1.54) is 17.2 Å². The fourth-order valence-electron chi connectivity index (χ4n) is 2.93. The maximum absolute atomic E-state index is 12.4. The summed E-state index contributed by atoms with van der Waals surface area (Å²) in [5.41, 5.74) is 2.99. The second-order valence-electron chi connectivity index (χ2n) is 5.55. The third kappa shape index (κ3) is 2.86. The van der Waals surface area contributed by atoms with Gasteiger partial charge >= 0.3 is 5.97 Å². The lowest BCUT2D eigenvalue weighted by molar-refractivity contribution is -0.120. The van der Waals surface area contributed by atoms with Crippen LogP contribution in [0.25, 0.3) is 0 Å². The molecule has 4 nitrogen and oxygen atoms in total. The first kappa shape index (κ1) is 14.3. The minimum atomic E-state index is -1.04. The summed E-state index contributed by atoms with van der Waals surface area (Å²) in [6, 6.07) is 14.6. The van der Waals surface area contributed by atoms with E-state index < -0.39 is 5.97 Å². The maximum atomic E-state index is 12.4. The summed E-state index contributed by atoms with van der Waals surface area (Å²) in [6.45, 7) is 0. The highest BCUT2D eigenvalue weighted by Gasteiger charge is 2.25. The fraction of sp³-hybridized carbons (Fsp3) is 0.222. The number of carboxylic acids is 1. The standard InChI is InChI=1S/C18H17NO3/c20-17(19-16-8-4-3-7-15(16)18(21)22)14-10-9-12-5-1-2-6-13(12)11-14/h1-8,14H,9-11H2,(H,19,20)(H,21,22). The van der Waals surface area contributed by atoms with E-state index in [4.69, 9.17) is 5.11 Å². The lowest BCUT2D eigenvalue weighted by Crippen LogP contribution is -2.28. The van der Waals surface area contributed by atoms with Crippen molar-refractivity contribution in [3.8, 4) is 0 Å². The zero-order chi connectivity index (χ0) is 15.5. The van der Waals surface area contributed by atoms with Crippen LogP contribution in [0.1, 0.15) is 27.9 Å². The molecule has 4 heteroatoms. The van der Waals surface area contributed by atoms with E-state index >= 15 is 0 Å². The van der Waals surface area contributed by atoms with E-state index in [0.29, 0.717) is 12.1 Å². The number of aromatic carboxylic acids is 1. The summed E-state index contributed by atoms with van der Waals surface area (Å²) >= 11 is 0. The third-order valence-electron chi connectivity index (χ3n) is 4.13. The molecule has 112 valence electrons. The van der Waals surface area contributed by atoms with Crippen LogP contribution in [0, 0.1) is 5.92 Å². The average molecular weight is 295 g/mol. The molecule has 22 heavy (non-hydrogen) atoms. The van der Waals surface area contributed by atoms with Gasteiger partial charge in [0.15, 0.2) is 0 Å². The Morgan fingerprint density at radius 1 is 1.00 bits per heavy atom. The van der Waals surface area contributed by atoms with Crippen molar-refractivity contribution < 1.29 is 14.7 Å². The molecule has 1 aliphatic rings. The zero-order valence-corrected chi connectivity index (χ0v) is 12.1. The molecule has 2 N–H and O–H groups in total. The minimum Gasteiger partial charge on any atom is -0.478 e. The molecule has 0 aromatic heterocycles. The summed E-state index contributed by atoms with van der Waals surface area (Å²) in [7, 11) is 0. The van der Waals surface area contributed by atoms with Crippen molar-refractivity contribution in [1.82, 2.24) is 0 Å². The van der Waals surface area contributed by atoms with Crippen molar-refractivity contribution in [2.24, 2.45) is 5.92 Å². The van der Waals surface area contributed by atoms with Gasteiger partial charge in [-0.25, -0.2) is 4.79 Å². The van der Waals surface area contributed by atoms with Gasteiger partial charge in [-0.1, -0.05) is 36.4 Å². The topological polar surface area (TPSA) is 66.4 Å². The molecule has 1 amide bonds. The normalized spacial score (nSPS) is 16.6. The number of carboxylic acid groups (broad SMARTS) is 1. The second kappa shape index (κ2) is 6.02. The molecule has 2 aromatic carbocycles. The Labute approximate surface area is 128 Å². The van der Waals surface area contributed by atoms with Gasteiger partial charge < -0.3 is 10.4 Å². The number of aryl methyl sites for hydroxylation is 1. The van der Waals surface area contributed by atoms with E-state index in [1.54, 1.807) is 18.2 Å². The first-order chi connectivity index (χ1) is 10.6. The molecule has 0 aliphatic heterocycles. The first-order valence-electron chi connectivity index (χ1n) is 7.35. The number of nitrogens with one attached hydrogen (secondary N) is 1. The van der Waals surface area contributed by atoms with Gasteiger partial charge in [0.1, 0.15) is 0 Å². The molecular weight excluding hydrogens is 278 g/mol. The van der Waals surface area contributed by atoms with Crippen molar-refractivity contribution in [1.29, 1.82) is 0 Å². The molecule has 0 bridgehead atoms. The highest BCUT2D eigenvalue weighted by Crippen LogP contribution is 2.27.